The maximum absolute atomic E-state index is 5.83. The lowest BCUT2D eigenvalue weighted by molar-refractivity contribution is 0.422. The molecule has 96 valence electrons. The van der Waals surface area contributed by atoms with Crippen LogP contribution in [0.25, 0.3) is 0 Å². The quantitative estimate of drug-likeness (QED) is 0.755. The summed E-state index contributed by atoms with van der Waals surface area (Å²) in [4.78, 5) is 0. The Bertz CT molecular complexity index is 343. The number of hydrogen-bond acceptors (Lipinski definition) is 3. The van der Waals surface area contributed by atoms with Gasteiger partial charge in [-0.05, 0) is 38.1 Å². The Morgan fingerprint density at radius 3 is 2.88 bits per heavy atom. The van der Waals surface area contributed by atoms with E-state index in [-0.39, 0.29) is 6.04 Å². The van der Waals surface area contributed by atoms with Crippen LogP contribution in [-0.4, -0.2) is 22.9 Å². The Labute approximate surface area is 104 Å². The molecule has 1 aromatic heterocycles. The maximum atomic E-state index is 5.83. The van der Waals surface area contributed by atoms with Crippen molar-refractivity contribution in [3.63, 3.8) is 0 Å². The lowest BCUT2D eigenvalue weighted by atomic mass is 10.1. The van der Waals surface area contributed by atoms with Gasteiger partial charge in [-0.2, -0.15) is 5.10 Å². The summed E-state index contributed by atoms with van der Waals surface area (Å²) in [6.07, 6.45) is 6.83. The molecule has 1 aliphatic carbocycles. The molecular weight excluding hydrogens is 212 g/mol. The van der Waals surface area contributed by atoms with Gasteiger partial charge in [0.25, 0.3) is 0 Å². The summed E-state index contributed by atoms with van der Waals surface area (Å²) in [5.74, 6) is 1.71. The summed E-state index contributed by atoms with van der Waals surface area (Å²) >= 11 is 0. The Morgan fingerprint density at radius 1 is 1.59 bits per heavy atom. The summed E-state index contributed by atoms with van der Waals surface area (Å²) in [5, 5.41) is 7.87. The lowest BCUT2D eigenvalue weighted by Crippen LogP contribution is -2.31. The normalized spacial score (nSPS) is 19.2. The van der Waals surface area contributed by atoms with Crippen LogP contribution in [0.5, 0.6) is 0 Å². The fourth-order valence-electron chi connectivity index (χ4n) is 2.23. The van der Waals surface area contributed by atoms with Crippen LogP contribution < -0.4 is 11.1 Å². The second-order valence-corrected chi connectivity index (χ2v) is 5.14. The Kier molecular flexibility index (Phi) is 4.18. The second-order valence-electron chi connectivity index (χ2n) is 5.14. The SMILES string of the molecule is CCn1cc(C(CN)NCC(C)C2CC2)cn1. The van der Waals surface area contributed by atoms with Crippen molar-refractivity contribution in [2.45, 2.75) is 39.3 Å². The largest absolute Gasteiger partial charge is 0.329 e. The predicted molar refractivity (Wildman–Crippen MR) is 69.6 cm³/mol. The number of aromatic nitrogens is 2. The molecule has 1 fully saturated rings. The highest BCUT2D eigenvalue weighted by Gasteiger charge is 2.28. The molecule has 1 saturated carbocycles. The summed E-state index contributed by atoms with van der Waals surface area (Å²) in [6.45, 7) is 7.02. The number of aryl methyl sites for hydroxylation is 1. The van der Waals surface area contributed by atoms with E-state index in [9.17, 15) is 0 Å². The molecule has 0 bridgehead atoms. The van der Waals surface area contributed by atoms with Crippen LogP contribution in [-0.2, 0) is 6.54 Å². The van der Waals surface area contributed by atoms with Gasteiger partial charge in [-0.15, -0.1) is 0 Å². The van der Waals surface area contributed by atoms with Crippen LogP contribution in [0.15, 0.2) is 12.4 Å². The molecule has 1 heterocycles. The van der Waals surface area contributed by atoms with E-state index in [1.165, 1.54) is 18.4 Å². The Morgan fingerprint density at radius 2 is 2.35 bits per heavy atom. The number of nitrogens with one attached hydrogen (secondary N) is 1. The molecule has 3 N–H and O–H groups in total. The third-order valence-corrected chi connectivity index (χ3v) is 3.73. The molecule has 0 spiro atoms. The van der Waals surface area contributed by atoms with Crippen molar-refractivity contribution in [2.24, 2.45) is 17.6 Å². The summed E-state index contributed by atoms with van der Waals surface area (Å²) in [5.41, 5.74) is 7.04. The third-order valence-electron chi connectivity index (χ3n) is 3.73. The first-order valence-corrected chi connectivity index (χ1v) is 6.70. The van der Waals surface area contributed by atoms with Crippen molar-refractivity contribution >= 4 is 0 Å². The van der Waals surface area contributed by atoms with Crippen LogP contribution in [0.2, 0.25) is 0 Å². The highest BCUT2D eigenvalue weighted by Crippen LogP contribution is 2.36. The average molecular weight is 236 g/mol. The number of nitrogens with two attached hydrogens (primary N) is 1. The topological polar surface area (TPSA) is 55.9 Å². The highest BCUT2D eigenvalue weighted by molar-refractivity contribution is 5.11. The molecule has 4 nitrogen and oxygen atoms in total. The number of rotatable bonds is 7. The first kappa shape index (κ1) is 12.6. The molecule has 0 amide bonds. The minimum atomic E-state index is 0.247. The van der Waals surface area contributed by atoms with Crippen LogP contribution in [0, 0.1) is 11.8 Å². The summed E-state index contributed by atoms with van der Waals surface area (Å²) in [7, 11) is 0. The predicted octanol–water partition coefficient (Wildman–Crippen LogP) is 1.54. The zero-order valence-corrected chi connectivity index (χ0v) is 10.9. The maximum Gasteiger partial charge on any atom is 0.0538 e. The van der Waals surface area contributed by atoms with Gasteiger partial charge in [-0.1, -0.05) is 6.92 Å². The van der Waals surface area contributed by atoms with E-state index >= 15 is 0 Å². The second kappa shape index (κ2) is 5.65. The zero-order chi connectivity index (χ0) is 12.3. The van der Waals surface area contributed by atoms with Gasteiger partial charge in [-0.25, -0.2) is 0 Å². The molecule has 0 saturated heterocycles. The minimum absolute atomic E-state index is 0.247. The zero-order valence-electron chi connectivity index (χ0n) is 10.9. The Balaban J connectivity index is 1.86. The van der Waals surface area contributed by atoms with Crippen molar-refractivity contribution in [1.82, 2.24) is 15.1 Å². The molecule has 1 aliphatic rings. The van der Waals surface area contributed by atoms with Gasteiger partial charge in [0.15, 0.2) is 0 Å². The molecule has 2 atom stereocenters. The van der Waals surface area contributed by atoms with E-state index in [1.54, 1.807) is 0 Å². The average Bonchev–Trinajstić information content (AvgIpc) is 3.09. The van der Waals surface area contributed by atoms with Crippen molar-refractivity contribution < 1.29 is 0 Å². The van der Waals surface area contributed by atoms with Crippen LogP contribution in [0.1, 0.15) is 38.3 Å². The van der Waals surface area contributed by atoms with E-state index in [1.807, 2.05) is 10.9 Å². The van der Waals surface area contributed by atoms with Crippen molar-refractivity contribution in [3.05, 3.63) is 18.0 Å². The van der Waals surface area contributed by atoms with Crippen molar-refractivity contribution in [3.8, 4) is 0 Å². The molecule has 4 heteroatoms. The molecule has 2 unspecified atom stereocenters. The van der Waals surface area contributed by atoms with Crippen LogP contribution >= 0.6 is 0 Å². The lowest BCUT2D eigenvalue weighted by Gasteiger charge is -2.18. The molecule has 17 heavy (non-hydrogen) atoms. The Hall–Kier alpha value is -0.870. The summed E-state index contributed by atoms with van der Waals surface area (Å²) in [6, 6.07) is 0.247. The molecular formula is C13H24N4. The van der Waals surface area contributed by atoms with E-state index in [0.29, 0.717) is 6.54 Å². The van der Waals surface area contributed by atoms with Crippen LogP contribution in [0.3, 0.4) is 0 Å². The van der Waals surface area contributed by atoms with Gasteiger partial charge >= 0.3 is 0 Å². The third kappa shape index (κ3) is 3.30. The van der Waals surface area contributed by atoms with Gasteiger partial charge in [0.05, 0.1) is 6.20 Å². The van der Waals surface area contributed by atoms with Crippen LogP contribution in [0.4, 0.5) is 0 Å². The first-order valence-electron chi connectivity index (χ1n) is 6.70. The summed E-state index contributed by atoms with van der Waals surface area (Å²) < 4.78 is 1.95. The van der Waals surface area contributed by atoms with Gasteiger partial charge < -0.3 is 11.1 Å². The van der Waals surface area contributed by atoms with E-state index < -0.39 is 0 Å². The van der Waals surface area contributed by atoms with E-state index in [0.717, 1.165) is 24.9 Å². The van der Waals surface area contributed by atoms with Crippen molar-refractivity contribution in [2.75, 3.05) is 13.1 Å². The van der Waals surface area contributed by atoms with Crippen molar-refractivity contribution in [1.29, 1.82) is 0 Å². The minimum Gasteiger partial charge on any atom is -0.329 e. The standard InChI is InChI=1S/C13H24N4/c1-3-17-9-12(8-16-17)13(6-14)15-7-10(2)11-4-5-11/h8-11,13,15H,3-7,14H2,1-2H3. The smallest absolute Gasteiger partial charge is 0.0538 e. The highest BCUT2D eigenvalue weighted by atomic mass is 15.3. The molecule has 2 rings (SSSR count). The molecule has 0 aromatic carbocycles. The van der Waals surface area contributed by atoms with Gasteiger partial charge in [0, 0.05) is 30.9 Å². The monoisotopic (exact) mass is 236 g/mol. The van der Waals surface area contributed by atoms with E-state index in [4.69, 9.17) is 5.73 Å². The fraction of sp³-hybridized carbons (Fsp3) is 0.769. The molecule has 1 aromatic rings. The molecule has 0 radical (unpaired) electrons. The van der Waals surface area contributed by atoms with Gasteiger partial charge in [-0.3, -0.25) is 4.68 Å². The van der Waals surface area contributed by atoms with E-state index in [2.05, 4.69) is 30.5 Å². The molecule has 0 aliphatic heterocycles. The number of hydrogen-bond donors (Lipinski definition) is 2. The van der Waals surface area contributed by atoms with Gasteiger partial charge in [0.2, 0.25) is 0 Å². The first-order chi connectivity index (χ1) is 8.24. The van der Waals surface area contributed by atoms with Gasteiger partial charge in [0.1, 0.15) is 0 Å². The fourth-order valence-corrected chi connectivity index (χ4v) is 2.23. The number of nitrogens with zero attached hydrogens (tertiary/aromatic N) is 2.